The SMILES string of the molecule is Cc1ccc(S(=O)(=O)NCC(=O)NO)cc1. The van der Waals surface area contributed by atoms with Gasteiger partial charge in [0.05, 0.1) is 11.4 Å². The van der Waals surface area contributed by atoms with E-state index in [4.69, 9.17) is 5.21 Å². The van der Waals surface area contributed by atoms with Crippen LogP contribution in [0.1, 0.15) is 5.56 Å². The van der Waals surface area contributed by atoms with Crippen LogP contribution in [-0.4, -0.2) is 26.1 Å². The summed E-state index contributed by atoms with van der Waals surface area (Å²) in [5, 5.41) is 8.20. The van der Waals surface area contributed by atoms with E-state index in [1.54, 1.807) is 12.1 Å². The first kappa shape index (κ1) is 12.6. The molecule has 1 aromatic rings. The molecule has 0 saturated heterocycles. The van der Waals surface area contributed by atoms with Crippen LogP contribution in [0.25, 0.3) is 0 Å². The van der Waals surface area contributed by atoms with Gasteiger partial charge in [0, 0.05) is 0 Å². The average Bonchev–Trinajstić information content (AvgIpc) is 2.26. The highest BCUT2D eigenvalue weighted by atomic mass is 32.2. The van der Waals surface area contributed by atoms with E-state index in [-0.39, 0.29) is 4.90 Å². The predicted octanol–water partition coefficient (Wildman–Crippen LogP) is -0.221. The predicted molar refractivity (Wildman–Crippen MR) is 56.3 cm³/mol. The Balaban J connectivity index is 2.78. The van der Waals surface area contributed by atoms with Gasteiger partial charge >= 0.3 is 0 Å². The second kappa shape index (κ2) is 5.06. The molecule has 1 aromatic carbocycles. The Hall–Kier alpha value is -1.44. The van der Waals surface area contributed by atoms with Crippen molar-refractivity contribution in [1.82, 2.24) is 10.2 Å². The molecule has 0 aliphatic heterocycles. The fraction of sp³-hybridized carbons (Fsp3) is 0.222. The highest BCUT2D eigenvalue weighted by molar-refractivity contribution is 7.89. The molecule has 1 rings (SSSR count). The molecular weight excluding hydrogens is 232 g/mol. The third-order valence-electron chi connectivity index (χ3n) is 1.88. The largest absolute Gasteiger partial charge is 0.289 e. The molecule has 0 radical (unpaired) electrons. The average molecular weight is 244 g/mol. The summed E-state index contributed by atoms with van der Waals surface area (Å²) in [5.74, 6) is -0.823. The van der Waals surface area contributed by atoms with Crippen LogP contribution in [0.5, 0.6) is 0 Å². The minimum Gasteiger partial charge on any atom is -0.289 e. The Morgan fingerprint density at radius 2 is 1.88 bits per heavy atom. The smallest absolute Gasteiger partial charge is 0.258 e. The van der Waals surface area contributed by atoms with Crippen LogP contribution in [0.15, 0.2) is 29.2 Å². The number of benzene rings is 1. The summed E-state index contributed by atoms with van der Waals surface area (Å²) in [6.45, 7) is 1.33. The number of aryl methyl sites for hydroxylation is 1. The Labute approximate surface area is 93.3 Å². The summed E-state index contributed by atoms with van der Waals surface area (Å²) in [6, 6.07) is 6.18. The Bertz CT molecular complexity index is 467. The van der Waals surface area contributed by atoms with Gasteiger partial charge in [-0.15, -0.1) is 0 Å². The van der Waals surface area contributed by atoms with Crippen molar-refractivity contribution in [3.63, 3.8) is 0 Å². The Kier molecular flexibility index (Phi) is 3.99. The maximum atomic E-state index is 11.6. The van der Waals surface area contributed by atoms with Gasteiger partial charge < -0.3 is 0 Å². The number of amides is 1. The maximum Gasteiger partial charge on any atom is 0.258 e. The molecule has 0 saturated carbocycles. The minimum atomic E-state index is -3.70. The molecular formula is C9H12N2O4S. The molecule has 1 amide bonds. The standard InChI is InChI=1S/C9H12N2O4S/c1-7-2-4-8(5-3-7)16(14,15)10-6-9(12)11-13/h2-5,10,13H,6H2,1H3,(H,11,12). The lowest BCUT2D eigenvalue weighted by Gasteiger charge is -2.05. The number of hydrogen-bond donors (Lipinski definition) is 3. The lowest BCUT2D eigenvalue weighted by molar-refractivity contribution is -0.127. The van der Waals surface area contributed by atoms with Crippen molar-refractivity contribution in [3.05, 3.63) is 29.8 Å². The molecule has 0 aliphatic carbocycles. The van der Waals surface area contributed by atoms with Gasteiger partial charge in [-0.25, -0.2) is 18.6 Å². The first-order valence-corrected chi connectivity index (χ1v) is 5.93. The zero-order valence-electron chi connectivity index (χ0n) is 8.60. The molecule has 88 valence electrons. The fourth-order valence-electron chi connectivity index (χ4n) is 1.00. The molecule has 0 bridgehead atoms. The molecule has 0 aliphatic rings. The van der Waals surface area contributed by atoms with E-state index in [0.717, 1.165) is 5.56 Å². The number of carbonyl (C=O) groups is 1. The van der Waals surface area contributed by atoms with E-state index in [1.165, 1.54) is 17.6 Å². The van der Waals surface area contributed by atoms with E-state index in [2.05, 4.69) is 0 Å². The van der Waals surface area contributed by atoms with E-state index >= 15 is 0 Å². The molecule has 0 atom stereocenters. The molecule has 6 nitrogen and oxygen atoms in total. The van der Waals surface area contributed by atoms with Crippen molar-refractivity contribution in [2.24, 2.45) is 0 Å². The summed E-state index contributed by atoms with van der Waals surface area (Å²) < 4.78 is 25.2. The third kappa shape index (κ3) is 3.30. The summed E-state index contributed by atoms with van der Waals surface area (Å²) in [7, 11) is -3.70. The van der Waals surface area contributed by atoms with Gasteiger partial charge in [0.1, 0.15) is 0 Å². The minimum absolute atomic E-state index is 0.0730. The normalized spacial score (nSPS) is 11.1. The van der Waals surface area contributed by atoms with Crippen LogP contribution in [0.2, 0.25) is 0 Å². The van der Waals surface area contributed by atoms with Crippen LogP contribution < -0.4 is 10.2 Å². The quantitative estimate of drug-likeness (QED) is 0.504. The lowest BCUT2D eigenvalue weighted by Crippen LogP contribution is -2.35. The second-order valence-corrected chi connectivity index (χ2v) is 4.94. The highest BCUT2D eigenvalue weighted by Crippen LogP contribution is 2.09. The van der Waals surface area contributed by atoms with Crippen LogP contribution in [0.4, 0.5) is 0 Å². The number of carbonyl (C=O) groups excluding carboxylic acids is 1. The zero-order valence-corrected chi connectivity index (χ0v) is 9.41. The van der Waals surface area contributed by atoms with Gasteiger partial charge in [0.2, 0.25) is 10.0 Å². The van der Waals surface area contributed by atoms with Crippen LogP contribution in [0, 0.1) is 6.92 Å². The Morgan fingerprint density at radius 1 is 1.31 bits per heavy atom. The molecule has 0 unspecified atom stereocenters. The molecule has 0 spiro atoms. The number of hydrogen-bond acceptors (Lipinski definition) is 4. The molecule has 7 heteroatoms. The number of rotatable bonds is 4. The number of nitrogens with one attached hydrogen (secondary N) is 2. The van der Waals surface area contributed by atoms with E-state index < -0.39 is 22.5 Å². The summed E-state index contributed by atoms with van der Waals surface area (Å²) in [4.78, 5) is 10.7. The van der Waals surface area contributed by atoms with E-state index in [0.29, 0.717) is 0 Å². The van der Waals surface area contributed by atoms with Crippen molar-refractivity contribution in [2.45, 2.75) is 11.8 Å². The topological polar surface area (TPSA) is 95.5 Å². The first-order valence-electron chi connectivity index (χ1n) is 4.45. The number of hydroxylamine groups is 1. The summed E-state index contributed by atoms with van der Waals surface area (Å²) in [5.41, 5.74) is 2.27. The van der Waals surface area contributed by atoms with Crippen molar-refractivity contribution in [3.8, 4) is 0 Å². The van der Waals surface area contributed by atoms with Crippen molar-refractivity contribution < 1.29 is 18.4 Å². The van der Waals surface area contributed by atoms with Crippen LogP contribution in [0.3, 0.4) is 0 Å². The Morgan fingerprint density at radius 3 is 2.38 bits per heavy atom. The molecule has 0 heterocycles. The van der Waals surface area contributed by atoms with Gasteiger partial charge in [-0.05, 0) is 19.1 Å². The lowest BCUT2D eigenvalue weighted by atomic mass is 10.2. The monoisotopic (exact) mass is 244 g/mol. The van der Waals surface area contributed by atoms with Gasteiger partial charge in [-0.1, -0.05) is 17.7 Å². The fourth-order valence-corrected chi connectivity index (χ4v) is 1.98. The van der Waals surface area contributed by atoms with Crippen molar-refractivity contribution in [2.75, 3.05) is 6.54 Å². The van der Waals surface area contributed by atoms with Crippen molar-refractivity contribution in [1.29, 1.82) is 0 Å². The second-order valence-electron chi connectivity index (χ2n) is 3.17. The zero-order chi connectivity index (χ0) is 12.2. The third-order valence-corrected chi connectivity index (χ3v) is 3.30. The van der Waals surface area contributed by atoms with Crippen LogP contribution >= 0.6 is 0 Å². The maximum absolute atomic E-state index is 11.6. The van der Waals surface area contributed by atoms with Gasteiger partial charge in [-0.2, -0.15) is 0 Å². The van der Waals surface area contributed by atoms with Crippen LogP contribution in [-0.2, 0) is 14.8 Å². The number of sulfonamides is 1. The summed E-state index contributed by atoms with van der Waals surface area (Å²) in [6.07, 6.45) is 0. The van der Waals surface area contributed by atoms with Gasteiger partial charge in [-0.3, -0.25) is 10.0 Å². The van der Waals surface area contributed by atoms with E-state index in [9.17, 15) is 13.2 Å². The molecule has 16 heavy (non-hydrogen) atoms. The van der Waals surface area contributed by atoms with Crippen molar-refractivity contribution >= 4 is 15.9 Å². The molecule has 0 aromatic heterocycles. The first-order chi connectivity index (χ1) is 7.45. The van der Waals surface area contributed by atoms with Gasteiger partial charge in [0.15, 0.2) is 0 Å². The summed E-state index contributed by atoms with van der Waals surface area (Å²) >= 11 is 0. The molecule has 0 fully saturated rings. The highest BCUT2D eigenvalue weighted by Gasteiger charge is 2.14. The molecule has 3 N–H and O–H groups in total. The van der Waals surface area contributed by atoms with Gasteiger partial charge in [0.25, 0.3) is 5.91 Å². The van der Waals surface area contributed by atoms with E-state index in [1.807, 2.05) is 11.6 Å².